The van der Waals surface area contributed by atoms with Gasteiger partial charge in [-0.1, -0.05) is 34.8 Å². The molecule has 1 fully saturated rings. The van der Waals surface area contributed by atoms with E-state index in [1.165, 1.54) is 6.20 Å². The Balaban J connectivity index is 1.55. The third-order valence-corrected chi connectivity index (χ3v) is 9.33. The Bertz CT molecular complexity index is 1590. The summed E-state index contributed by atoms with van der Waals surface area (Å²) in [5.41, 5.74) is 7.57. The first-order valence-electron chi connectivity index (χ1n) is 11.2. The highest BCUT2D eigenvalue weighted by Gasteiger charge is 2.51. The number of aliphatic hydroxyl groups excluding tert-OH is 1. The van der Waals surface area contributed by atoms with E-state index in [0.717, 1.165) is 20.5 Å². The first kappa shape index (κ1) is 25.0. The number of nitrogen functional groups attached to an aromatic ring is 1. The Hall–Kier alpha value is -2.67. The van der Waals surface area contributed by atoms with Gasteiger partial charge in [0.1, 0.15) is 33.8 Å². The second kappa shape index (κ2) is 9.02. The van der Waals surface area contributed by atoms with Crippen LogP contribution in [0.3, 0.4) is 0 Å². The number of thiophene rings is 1. The van der Waals surface area contributed by atoms with E-state index >= 15 is 0 Å². The number of hydrogen-bond donors (Lipinski definition) is 4. The predicted molar refractivity (Wildman–Crippen MR) is 139 cm³/mol. The topological polar surface area (TPSA) is 156 Å². The van der Waals surface area contributed by atoms with E-state index in [4.69, 9.17) is 22.5 Å². The fourth-order valence-electron chi connectivity index (χ4n) is 4.41. The van der Waals surface area contributed by atoms with Gasteiger partial charge in [-0.3, -0.25) is 10.7 Å². The average Bonchev–Trinajstić information content (AvgIpc) is 3.53. The van der Waals surface area contributed by atoms with Crippen LogP contribution in [0.2, 0.25) is 5.02 Å². The fourth-order valence-corrected chi connectivity index (χ4v) is 6.83. The molecule has 188 valence electrons. The normalized spacial score (nSPS) is 19.4. The smallest absolute Gasteiger partial charge is 0.389 e. The molecule has 0 radical (unpaired) electrons. The van der Waals surface area contributed by atoms with Crippen LogP contribution in [0.25, 0.3) is 21.3 Å². The number of sulfonamides is 1. The lowest BCUT2D eigenvalue weighted by molar-refractivity contribution is -0.695. The van der Waals surface area contributed by atoms with Crippen LogP contribution in [-0.4, -0.2) is 40.5 Å². The Labute approximate surface area is 217 Å². The third-order valence-electron chi connectivity index (χ3n) is 6.48. The number of primary sulfonamides is 1. The van der Waals surface area contributed by atoms with Gasteiger partial charge in [-0.05, 0) is 36.1 Å². The van der Waals surface area contributed by atoms with Gasteiger partial charge in [0.2, 0.25) is 10.0 Å². The maximum Gasteiger partial charge on any atom is 0.389 e. The largest absolute Gasteiger partial charge is 0.393 e. The van der Waals surface area contributed by atoms with E-state index < -0.39 is 33.5 Å². The van der Waals surface area contributed by atoms with Crippen molar-refractivity contribution in [1.82, 2.24) is 9.97 Å². The number of rotatable bonds is 7. The molecular formula is C24H25ClN5O4S2+. The van der Waals surface area contributed by atoms with E-state index in [1.54, 1.807) is 41.2 Å². The summed E-state index contributed by atoms with van der Waals surface area (Å²) in [4.78, 5) is 9.61. The number of anilines is 1. The third kappa shape index (κ3) is 4.58. The Morgan fingerprint density at radius 3 is 2.75 bits per heavy atom. The predicted octanol–water partition coefficient (Wildman–Crippen LogP) is 2.27. The van der Waals surface area contributed by atoms with E-state index in [0.29, 0.717) is 34.8 Å². The zero-order valence-corrected chi connectivity index (χ0v) is 21.7. The van der Waals surface area contributed by atoms with Crippen molar-refractivity contribution in [3.63, 3.8) is 0 Å². The Morgan fingerprint density at radius 2 is 2.06 bits per heavy atom. The van der Waals surface area contributed by atoms with Crippen LogP contribution < -0.4 is 15.4 Å². The summed E-state index contributed by atoms with van der Waals surface area (Å²) in [5, 5.41) is 26.1. The lowest BCUT2D eigenvalue weighted by Crippen LogP contribution is -2.44. The molecule has 9 nitrogen and oxygen atoms in total. The van der Waals surface area contributed by atoms with Gasteiger partial charge in [0, 0.05) is 34.2 Å². The summed E-state index contributed by atoms with van der Waals surface area (Å²) in [6.07, 6.45) is 3.87. The maximum atomic E-state index is 11.9. The quantitative estimate of drug-likeness (QED) is 0.259. The van der Waals surface area contributed by atoms with Gasteiger partial charge >= 0.3 is 5.95 Å². The highest BCUT2D eigenvalue weighted by atomic mass is 35.5. The first-order chi connectivity index (χ1) is 17.0. The van der Waals surface area contributed by atoms with E-state index in [1.807, 2.05) is 18.2 Å². The number of aliphatic hydroxyl groups is 2. The van der Waals surface area contributed by atoms with Crippen LogP contribution in [-0.2, 0) is 22.0 Å². The molecule has 1 aromatic carbocycles. The number of fused-ring (bicyclic) bond motifs is 1. The van der Waals surface area contributed by atoms with Crippen molar-refractivity contribution in [1.29, 1.82) is 0 Å². The van der Waals surface area contributed by atoms with Crippen molar-refractivity contribution < 1.29 is 23.2 Å². The van der Waals surface area contributed by atoms with Gasteiger partial charge in [-0.15, -0.1) is 11.3 Å². The molecule has 5 rings (SSSR count). The molecule has 3 aromatic heterocycles. The molecule has 0 bridgehead atoms. The Morgan fingerprint density at radius 1 is 1.28 bits per heavy atom. The number of benzene rings is 1. The van der Waals surface area contributed by atoms with Crippen molar-refractivity contribution in [2.75, 3.05) is 12.3 Å². The van der Waals surface area contributed by atoms with Crippen molar-refractivity contribution in [2.24, 2.45) is 5.14 Å². The summed E-state index contributed by atoms with van der Waals surface area (Å²) < 4.78 is 26.4. The minimum absolute atomic E-state index is 0.185. The standard InChI is InChI=1S/C24H24ClN5O4S2/c1-24(32,12-31)14-5-6-28-18(8-14)16-4-2-3-13-7-15(35-22(13)16)9-19-17(25)11-29-23(26)30(19)20-10-21(20)36(27,33)34/h2-8,11,20-21,26,31-32H,9-10,12H2,1H3,(H2,27,33,34)/p+1/t20?,21?,24-/m1/s1. The van der Waals surface area contributed by atoms with Gasteiger partial charge in [0.25, 0.3) is 0 Å². The van der Waals surface area contributed by atoms with Crippen LogP contribution in [0, 0.1) is 0 Å². The highest BCUT2D eigenvalue weighted by Crippen LogP contribution is 2.40. The molecule has 0 spiro atoms. The number of aromatic nitrogens is 3. The lowest BCUT2D eigenvalue weighted by Gasteiger charge is -2.21. The van der Waals surface area contributed by atoms with Crippen LogP contribution >= 0.6 is 22.9 Å². The van der Waals surface area contributed by atoms with Gasteiger partial charge in [-0.2, -0.15) is 0 Å². The van der Waals surface area contributed by atoms with Gasteiger partial charge < -0.3 is 10.2 Å². The summed E-state index contributed by atoms with van der Waals surface area (Å²) in [5.74, 6) is 0.185. The minimum atomic E-state index is -3.70. The molecule has 2 unspecified atom stereocenters. The van der Waals surface area contributed by atoms with Crippen LogP contribution in [0.5, 0.6) is 0 Å². The number of hydrogen-bond acceptors (Lipinski definition) is 8. The monoisotopic (exact) mass is 546 g/mol. The van der Waals surface area contributed by atoms with Crippen molar-refractivity contribution >= 4 is 49.0 Å². The second-order valence-electron chi connectivity index (χ2n) is 9.19. The summed E-state index contributed by atoms with van der Waals surface area (Å²) in [6, 6.07) is 11.0. The van der Waals surface area contributed by atoms with Gasteiger partial charge in [-0.25, -0.2) is 18.1 Å². The molecule has 3 heterocycles. The average molecular weight is 547 g/mol. The number of halogens is 1. The molecule has 4 aromatic rings. The molecule has 12 heteroatoms. The van der Waals surface area contributed by atoms with Crippen molar-refractivity contribution in [3.05, 3.63) is 69.9 Å². The zero-order valence-electron chi connectivity index (χ0n) is 19.3. The number of pyridine rings is 1. The highest BCUT2D eigenvalue weighted by molar-refractivity contribution is 7.90. The summed E-state index contributed by atoms with van der Waals surface area (Å²) in [7, 11) is -3.70. The van der Waals surface area contributed by atoms with Gasteiger partial charge in [0.05, 0.1) is 12.3 Å². The molecular weight excluding hydrogens is 522 g/mol. The summed E-state index contributed by atoms with van der Waals surface area (Å²) >= 11 is 8.08. The molecule has 36 heavy (non-hydrogen) atoms. The molecule has 6 N–H and O–H groups in total. The van der Waals surface area contributed by atoms with Crippen LogP contribution in [0.4, 0.5) is 5.95 Å². The summed E-state index contributed by atoms with van der Waals surface area (Å²) in [6.45, 7) is 1.14. The van der Waals surface area contributed by atoms with E-state index in [2.05, 4.69) is 16.0 Å². The van der Waals surface area contributed by atoms with Crippen molar-refractivity contribution in [2.45, 2.75) is 36.7 Å². The molecule has 1 aliphatic rings. The maximum absolute atomic E-state index is 11.9. The second-order valence-corrected chi connectivity index (χ2v) is 12.5. The molecule has 1 aliphatic carbocycles. The first-order valence-corrected chi connectivity index (χ1v) is 14.0. The lowest BCUT2D eigenvalue weighted by atomic mass is 9.96. The molecule has 3 atom stereocenters. The number of nitrogens with zero attached hydrogens (tertiary/aromatic N) is 3. The van der Waals surface area contributed by atoms with E-state index in [9.17, 15) is 18.6 Å². The molecule has 0 aliphatic heterocycles. The zero-order chi connectivity index (χ0) is 25.8. The fraction of sp³-hybridized carbons (Fsp3) is 0.292. The minimum Gasteiger partial charge on any atom is -0.393 e. The molecule has 0 amide bonds. The Kier molecular flexibility index (Phi) is 6.26. The molecule has 0 saturated heterocycles. The number of nitrogens with two attached hydrogens (primary N) is 2. The molecule has 1 saturated carbocycles. The van der Waals surface area contributed by atoms with Crippen LogP contribution in [0.1, 0.15) is 35.5 Å². The van der Waals surface area contributed by atoms with Gasteiger partial charge in [0.15, 0.2) is 0 Å². The SMILES string of the molecule is C[C@@](O)(CO)c1ccnc(-c2cccc3cc(Cc4c(Cl)cnc(N)[n+]4C4CC4S(N)(=O)=O)sc23)c1. The van der Waals surface area contributed by atoms with Crippen LogP contribution in [0.15, 0.2) is 48.8 Å². The van der Waals surface area contributed by atoms with Crippen molar-refractivity contribution in [3.8, 4) is 11.3 Å². The van der Waals surface area contributed by atoms with E-state index in [-0.39, 0.29) is 5.95 Å².